The van der Waals surface area contributed by atoms with Gasteiger partial charge in [0, 0.05) is 41.3 Å². The summed E-state index contributed by atoms with van der Waals surface area (Å²) in [7, 11) is 0. The number of oxime groups is 1. The largest absolute Gasteiger partial charge is 0.456 e. The summed E-state index contributed by atoms with van der Waals surface area (Å²) < 4.78 is 16.6. The van der Waals surface area contributed by atoms with E-state index in [0.29, 0.717) is 11.1 Å². The molecule has 3 amide bonds. The first-order chi connectivity index (χ1) is 26.4. The number of aromatic nitrogens is 1. The Kier molecular flexibility index (Phi) is 11.9. The van der Waals surface area contributed by atoms with Gasteiger partial charge in [0.05, 0.1) is 29.5 Å². The van der Waals surface area contributed by atoms with Gasteiger partial charge in [0.2, 0.25) is 5.91 Å². The first-order valence-electron chi connectivity index (χ1n) is 16.1. The van der Waals surface area contributed by atoms with Crippen LogP contribution in [-0.2, 0) is 56.2 Å². The Labute approximate surface area is 322 Å². The van der Waals surface area contributed by atoms with Gasteiger partial charge in [-0.05, 0) is 35.4 Å². The van der Waals surface area contributed by atoms with Crippen molar-refractivity contribution in [3.05, 3.63) is 91.0 Å². The molecule has 3 fully saturated rings. The van der Waals surface area contributed by atoms with Crippen LogP contribution >= 0.6 is 34.7 Å². The van der Waals surface area contributed by atoms with Crippen molar-refractivity contribution < 1.29 is 52.9 Å². The third kappa shape index (κ3) is 8.35. The standard InChI is InChI=1S/C32H28ClN7O13S2/c33-12-23(41)35-31-34-22(16-55-31)25(37-52-10-9-50-13-17-1-5-20(6-2-17)39(46)47)27(43)36-26-28(44)38-29(26)54-15-19-11-24(42)53-32(19,38)30(45)51-14-18-3-7-21(8-4-18)40(48)49/h1-8,16,19,26,29H,9-15H2,(H,36,43)(H,34,35,41)/b37-25-/t19-,26+,29+,32+/m0/s1. The van der Waals surface area contributed by atoms with Crippen molar-refractivity contribution in [2.45, 2.75) is 36.8 Å². The van der Waals surface area contributed by atoms with Crippen molar-refractivity contribution in [1.82, 2.24) is 15.2 Å². The number of thiazole rings is 1. The third-order valence-corrected chi connectivity index (χ3v) is 10.8. The van der Waals surface area contributed by atoms with Crippen molar-refractivity contribution in [2.24, 2.45) is 11.1 Å². The summed E-state index contributed by atoms with van der Waals surface area (Å²) >= 11 is 7.76. The molecule has 4 atom stereocenters. The Bertz CT molecular complexity index is 2050. The van der Waals surface area contributed by atoms with Crippen LogP contribution in [0.3, 0.4) is 0 Å². The van der Waals surface area contributed by atoms with Gasteiger partial charge in [0.25, 0.3) is 28.9 Å². The van der Waals surface area contributed by atoms with E-state index in [0.717, 1.165) is 16.2 Å². The zero-order chi connectivity index (χ0) is 39.3. The lowest BCUT2D eigenvalue weighted by molar-refractivity contribution is -0.385. The Morgan fingerprint density at radius 2 is 1.67 bits per heavy atom. The van der Waals surface area contributed by atoms with Crippen LogP contribution in [-0.4, -0.2) is 97.1 Å². The van der Waals surface area contributed by atoms with Crippen molar-refractivity contribution in [3.8, 4) is 0 Å². The lowest BCUT2D eigenvalue weighted by atomic mass is 9.89. The number of hydrogen-bond donors (Lipinski definition) is 2. The summed E-state index contributed by atoms with van der Waals surface area (Å²) in [6.45, 7) is -0.363. The summed E-state index contributed by atoms with van der Waals surface area (Å²) in [6.07, 6.45) is -0.161. The molecule has 0 saturated carbocycles. The minimum Gasteiger partial charge on any atom is -0.456 e. The normalized spacial score (nSPS) is 21.4. The summed E-state index contributed by atoms with van der Waals surface area (Å²) in [5.41, 5.74) is -1.63. The number of anilines is 1. The molecule has 3 aliphatic rings. The van der Waals surface area contributed by atoms with E-state index >= 15 is 0 Å². The molecule has 0 bridgehead atoms. The fraction of sp³-hybridized carbons (Fsp3) is 0.344. The number of esters is 2. The zero-order valence-corrected chi connectivity index (χ0v) is 30.5. The number of halogens is 1. The number of nitrogens with one attached hydrogen (secondary N) is 2. The minimum absolute atomic E-state index is 0.000525. The first-order valence-corrected chi connectivity index (χ1v) is 18.6. The minimum atomic E-state index is -2.09. The number of nitro groups is 2. The molecule has 0 radical (unpaired) electrons. The number of hydrogen-bond acceptors (Lipinski definition) is 17. The molecule has 2 N–H and O–H groups in total. The predicted molar refractivity (Wildman–Crippen MR) is 192 cm³/mol. The molecule has 0 unspecified atom stereocenters. The summed E-state index contributed by atoms with van der Waals surface area (Å²) in [5, 5.41) is 31.5. The van der Waals surface area contributed by atoms with Crippen LogP contribution in [0.5, 0.6) is 0 Å². The van der Waals surface area contributed by atoms with Gasteiger partial charge < -0.3 is 29.7 Å². The Hall–Kier alpha value is -5.71. The van der Waals surface area contributed by atoms with Crippen LogP contribution in [0.1, 0.15) is 23.2 Å². The van der Waals surface area contributed by atoms with Gasteiger partial charge in [-0.25, -0.2) is 9.78 Å². The van der Waals surface area contributed by atoms with E-state index < -0.39 is 62.6 Å². The third-order valence-electron chi connectivity index (χ3n) is 8.42. The highest BCUT2D eigenvalue weighted by atomic mass is 35.5. The molecule has 1 aromatic heterocycles. The number of carbonyl (C=O) groups excluding carboxylic acids is 5. The van der Waals surface area contributed by atoms with Crippen LogP contribution in [0.25, 0.3) is 0 Å². The number of non-ortho nitro benzene ring substituents is 2. The molecule has 0 aliphatic carbocycles. The number of nitrogens with zero attached hydrogens (tertiary/aromatic N) is 5. The van der Waals surface area contributed by atoms with Gasteiger partial charge in [-0.1, -0.05) is 5.16 Å². The van der Waals surface area contributed by atoms with Gasteiger partial charge in [-0.15, -0.1) is 34.7 Å². The number of amides is 3. The molecule has 2 aromatic carbocycles. The zero-order valence-electron chi connectivity index (χ0n) is 28.1. The van der Waals surface area contributed by atoms with Gasteiger partial charge in [0.15, 0.2) is 10.8 Å². The summed E-state index contributed by atoms with van der Waals surface area (Å²) in [4.78, 5) is 96.8. The quantitative estimate of drug-likeness (QED) is 0.0400. The average molecular weight is 818 g/mol. The SMILES string of the molecule is O=C(CCl)Nc1nc(/C(=N/OCCOCc2ccc([N+](=O)[O-])cc2)C(=O)N[C@@H]2C(=O)N3[C@@H]2SC[C@@H]2CC(=O)O[C@@]23C(=O)OCc2ccc([N+](=O)[O-])cc2)cs1. The number of carbonyl (C=O) groups is 5. The number of β-lactam (4-membered cyclic amide) rings is 1. The summed E-state index contributed by atoms with van der Waals surface area (Å²) in [6, 6.07) is 9.83. The van der Waals surface area contributed by atoms with E-state index in [2.05, 4.69) is 20.8 Å². The number of nitro benzene ring substituents is 2. The molecule has 3 saturated heterocycles. The van der Waals surface area contributed by atoms with Crippen LogP contribution in [0.2, 0.25) is 0 Å². The van der Waals surface area contributed by atoms with Crippen LogP contribution in [0.4, 0.5) is 16.5 Å². The second kappa shape index (κ2) is 16.8. The van der Waals surface area contributed by atoms with E-state index in [-0.39, 0.29) is 72.4 Å². The predicted octanol–water partition coefficient (Wildman–Crippen LogP) is 2.48. The van der Waals surface area contributed by atoms with Crippen LogP contribution in [0, 0.1) is 26.1 Å². The molecule has 288 valence electrons. The molecule has 4 heterocycles. The molecule has 23 heteroatoms. The number of fused-ring (bicyclic) bond motifs is 3. The maximum absolute atomic E-state index is 13.7. The second-order valence-electron chi connectivity index (χ2n) is 11.9. The Morgan fingerprint density at radius 1 is 1.02 bits per heavy atom. The number of ether oxygens (including phenoxy) is 3. The van der Waals surface area contributed by atoms with Crippen LogP contribution in [0.15, 0.2) is 59.1 Å². The van der Waals surface area contributed by atoms with Gasteiger partial charge in [-0.3, -0.25) is 44.3 Å². The van der Waals surface area contributed by atoms with Crippen molar-refractivity contribution >= 4 is 86.6 Å². The first kappa shape index (κ1) is 39.0. The molecule has 0 spiro atoms. The number of benzene rings is 2. The molecule has 20 nitrogen and oxygen atoms in total. The smallest absolute Gasteiger partial charge is 0.373 e. The molecular weight excluding hydrogens is 790 g/mol. The molecule has 55 heavy (non-hydrogen) atoms. The molecule has 6 rings (SSSR count). The lowest BCUT2D eigenvalue weighted by Crippen LogP contribution is -2.80. The topological polar surface area (TPSA) is 261 Å². The van der Waals surface area contributed by atoms with Gasteiger partial charge in [0.1, 0.15) is 36.2 Å². The van der Waals surface area contributed by atoms with E-state index in [1.165, 1.54) is 53.5 Å². The van der Waals surface area contributed by atoms with Crippen molar-refractivity contribution in [1.29, 1.82) is 0 Å². The Morgan fingerprint density at radius 3 is 2.31 bits per heavy atom. The highest BCUT2D eigenvalue weighted by Crippen LogP contribution is 2.51. The second-order valence-corrected chi connectivity index (χ2v) is 14.2. The number of rotatable bonds is 16. The number of alkyl halides is 1. The lowest BCUT2D eigenvalue weighted by Gasteiger charge is -2.56. The van der Waals surface area contributed by atoms with E-state index in [1.807, 2.05) is 0 Å². The van der Waals surface area contributed by atoms with Crippen LogP contribution < -0.4 is 10.6 Å². The highest BCUT2D eigenvalue weighted by Gasteiger charge is 2.72. The fourth-order valence-corrected chi connectivity index (χ4v) is 8.12. The number of thioether (sulfide) groups is 1. The van der Waals surface area contributed by atoms with E-state index in [1.54, 1.807) is 12.1 Å². The highest BCUT2D eigenvalue weighted by molar-refractivity contribution is 8.00. The fourth-order valence-electron chi connectivity index (χ4n) is 5.78. The molecule has 3 aliphatic heterocycles. The monoisotopic (exact) mass is 817 g/mol. The van der Waals surface area contributed by atoms with Crippen molar-refractivity contribution in [3.63, 3.8) is 0 Å². The van der Waals surface area contributed by atoms with E-state index in [4.69, 9.17) is 30.6 Å². The van der Waals surface area contributed by atoms with E-state index in [9.17, 15) is 44.2 Å². The maximum atomic E-state index is 13.7. The Balaban J connectivity index is 1.13. The van der Waals surface area contributed by atoms with Gasteiger partial charge >= 0.3 is 11.9 Å². The van der Waals surface area contributed by atoms with Gasteiger partial charge in [-0.2, -0.15) is 0 Å². The maximum Gasteiger partial charge on any atom is 0.373 e. The van der Waals surface area contributed by atoms with Crippen molar-refractivity contribution in [2.75, 3.05) is 30.2 Å². The summed E-state index contributed by atoms with van der Waals surface area (Å²) in [5.74, 6) is -4.83. The molecular formula is C32H28ClN7O13S2. The average Bonchev–Trinajstić information content (AvgIpc) is 3.78. The molecule has 3 aromatic rings.